The zero-order chi connectivity index (χ0) is 17.2. The Labute approximate surface area is 143 Å². The number of rotatable bonds is 2. The Kier molecular flexibility index (Phi) is 4.70. The molecular formula is C22H24O2. The molecule has 0 heterocycles. The van der Waals surface area contributed by atoms with E-state index in [2.05, 4.69) is 60.7 Å². The summed E-state index contributed by atoms with van der Waals surface area (Å²) in [6, 6.07) is 21.9. The summed E-state index contributed by atoms with van der Waals surface area (Å²) < 4.78 is 5.13. The van der Waals surface area contributed by atoms with E-state index in [1.807, 2.05) is 20.8 Å². The molecule has 0 fully saturated rings. The lowest BCUT2D eigenvalue weighted by molar-refractivity contribution is -0.0199. The average molecular weight is 320 g/mol. The van der Waals surface area contributed by atoms with E-state index < -0.39 is 0 Å². The summed E-state index contributed by atoms with van der Waals surface area (Å²) in [7, 11) is 0. The van der Waals surface area contributed by atoms with Crippen LogP contribution in [0.2, 0.25) is 0 Å². The monoisotopic (exact) mass is 320 g/mol. The first-order valence-electron chi connectivity index (χ1n) is 8.37. The third-order valence-corrected chi connectivity index (χ3v) is 4.02. The second-order valence-electron chi connectivity index (χ2n) is 6.97. The minimum absolute atomic E-state index is 0.108. The second-order valence-corrected chi connectivity index (χ2v) is 6.97. The summed E-state index contributed by atoms with van der Waals surface area (Å²) >= 11 is 0. The molecule has 4 rings (SSSR count). The second kappa shape index (κ2) is 6.76. The SMILES string of the molecule is CC(C)(C)OCCO.c1cc2ccc3cccc4ccc(c1)c2c34. The van der Waals surface area contributed by atoms with Crippen molar-refractivity contribution in [3.8, 4) is 0 Å². The molecule has 0 unspecified atom stereocenters. The minimum atomic E-state index is -0.108. The zero-order valence-corrected chi connectivity index (χ0v) is 14.5. The maximum atomic E-state index is 8.30. The van der Waals surface area contributed by atoms with Crippen molar-refractivity contribution in [2.24, 2.45) is 0 Å². The van der Waals surface area contributed by atoms with E-state index in [0.29, 0.717) is 6.61 Å². The Morgan fingerprint density at radius 3 is 1.33 bits per heavy atom. The topological polar surface area (TPSA) is 29.5 Å². The van der Waals surface area contributed by atoms with Gasteiger partial charge in [-0.2, -0.15) is 0 Å². The summed E-state index contributed by atoms with van der Waals surface area (Å²) in [4.78, 5) is 0. The molecule has 2 nitrogen and oxygen atoms in total. The highest BCUT2D eigenvalue weighted by Gasteiger charge is 2.08. The normalized spacial score (nSPS) is 11.8. The van der Waals surface area contributed by atoms with Gasteiger partial charge in [0.05, 0.1) is 18.8 Å². The molecule has 0 aliphatic rings. The molecule has 0 bridgehead atoms. The van der Waals surface area contributed by atoms with Crippen LogP contribution in [0.1, 0.15) is 20.8 Å². The smallest absolute Gasteiger partial charge is 0.0704 e. The van der Waals surface area contributed by atoms with Crippen molar-refractivity contribution in [1.29, 1.82) is 0 Å². The molecule has 4 aromatic rings. The third kappa shape index (κ3) is 3.50. The van der Waals surface area contributed by atoms with Crippen molar-refractivity contribution in [2.45, 2.75) is 26.4 Å². The molecule has 124 valence electrons. The number of hydrogen-bond donors (Lipinski definition) is 1. The summed E-state index contributed by atoms with van der Waals surface area (Å²) in [5.41, 5.74) is -0.108. The van der Waals surface area contributed by atoms with Crippen LogP contribution in [0.25, 0.3) is 32.3 Å². The van der Waals surface area contributed by atoms with Gasteiger partial charge in [0.15, 0.2) is 0 Å². The van der Waals surface area contributed by atoms with Crippen LogP contribution in [-0.4, -0.2) is 23.9 Å². The van der Waals surface area contributed by atoms with Gasteiger partial charge in [0, 0.05) is 0 Å². The van der Waals surface area contributed by atoms with E-state index in [1.54, 1.807) is 0 Å². The van der Waals surface area contributed by atoms with Gasteiger partial charge in [-0.15, -0.1) is 0 Å². The lowest BCUT2D eigenvalue weighted by Gasteiger charge is -2.18. The van der Waals surface area contributed by atoms with E-state index >= 15 is 0 Å². The first kappa shape index (κ1) is 16.7. The number of ether oxygens (including phenoxy) is 1. The first-order chi connectivity index (χ1) is 11.5. The molecule has 0 saturated carbocycles. The van der Waals surface area contributed by atoms with Gasteiger partial charge >= 0.3 is 0 Å². The number of benzene rings is 4. The highest BCUT2D eigenvalue weighted by Crippen LogP contribution is 2.33. The highest BCUT2D eigenvalue weighted by atomic mass is 16.5. The standard InChI is InChI=1S/C16H10.C6H14O2/c1-3-11-7-9-13-5-2-6-14-10-8-12(4-1)15(11)16(13)14;1-6(2,3)8-5-4-7/h1-10H;7H,4-5H2,1-3H3. The van der Waals surface area contributed by atoms with Gasteiger partial charge in [-0.3, -0.25) is 0 Å². The molecule has 0 saturated heterocycles. The van der Waals surface area contributed by atoms with Gasteiger partial charge in [0.25, 0.3) is 0 Å². The Hall–Kier alpha value is -2.16. The molecule has 1 N–H and O–H groups in total. The van der Waals surface area contributed by atoms with Crippen LogP contribution in [0.15, 0.2) is 60.7 Å². The van der Waals surface area contributed by atoms with Crippen LogP contribution in [-0.2, 0) is 4.74 Å². The molecule has 24 heavy (non-hydrogen) atoms. The molecule has 4 aromatic carbocycles. The van der Waals surface area contributed by atoms with Gasteiger partial charge in [0.2, 0.25) is 0 Å². The molecule has 0 aliphatic carbocycles. The molecule has 0 spiro atoms. The van der Waals surface area contributed by atoms with Crippen molar-refractivity contribution in [2.75, 3.05) is 13.2 Å². The molecule has 0 aromatic heterocycles. The predicted molar refractivity (Wildman–Crippen MR) is 103 cm³/mol. The van der Waals surface area contributed by atoms with Crippen molar-refractivity contribution in [1.82, 2.24) is 0 Å². The largest absolute Gasteiger partial charge is 0.394 e. The predicted octanol–water partition coefficient (Wildman–Crippen LogP) is 5.38. The summed E-state index contributed by atoms with van der Waals surface area (Å²) in [6.45, 7) is 6.43. The quantitative estimate of drug-likeness (QED) is 0.503. The van der Waals surface area contributed by atoms with Crippen LogP contribution in [0, 0.1) is 0 Å². The minimum Gasteiger partial charge on any atom is -0.394 e. The van der Waals surface area contributed by atoms with Crippen LogP contribution in [0.5, 0.6) is 0 Å². The molecule has 0 radical (unpaired) electrons. The van der Waals surface area contributed by atoms with Crippen LogP contribution < -0.4 is 0 Å². The summed E-state index contributed by atoms with van der Waals surface area (Å²) in [5, 5.41) is 16.4. The van der Waals surface area contributed by atoms with Crippen molar-refractivity contribution < 1.29 is 9.84 Å². The van der Waals surface area contributed by atoms with Gasteiger partial charge in [-0.05, 0) is 53.1 Å². The van der Waals surface area contributed by atoms with Gasteiger partial charge in [-0.25, -0.2) is 0 Å². The van der Waals surface area contributed by atoms with E-state index in [4.69, 9.17) is 9.84 Å². The van der Waals surface area contributed by atoms with Crippen molar-refractivity contribution >= 4 is 32.3 Å². The molecule has 0 amide bonds. The van der Waals surface area contributed by atoms with Crippen molar-refractivity contribution in [3.05, 3.63) is 60.7 Å². The Bertz CT molecular complexity index is 805. The maximum absolute atomic E-state index is 8.30. The molecular weight excluding hydrogens is 296 g/mol. The zero-order valence-electron chi connectivity index (χ0n) is 14.5. The molecule has 0 atom stereocenters. The molecule has 2 heteroatoms. The van der Waals surface area contributed by atoms with E-state index in [1.165, 1.54) is 32.3 Å². The lowest BCUT2D eigenvalue weighted by atomic mass is 9.95. The average Bonchev–Trinajstić information content (AvgIpc) is 2.58. The van der Waals surface area contributed by atoms with Gasteiger partial charge in [0.1, 0.15) is 0 Å². The fourth-order valence-corrected chi connectivity index (χ4v) is 3.02. The Morgan fingerprint density at radius 2 is 1.08 bits per heavy atom. The number of aliphatic hydroxyl groups is 1. The van der Waals surface area contributed by atoms with E-state index in [9.17, 15) is 0 Å². The summed E-state index contributed by atoms with van der Waals surface area (Å²) in [5.74, 6) is 0. The van der Waals surface area contributed by atoms with Crippen LogP contribution >= 0.6 is 0 Å². The van der Waals surface area contributed by atoms with Crippen molar-refractivity contribution in [3.63, 3.8) is 0 Å². The van der Waals surface area contributed by atoms with Crippen LogP contribution in [0.3, 0.4) is 0 Å². The van der Waals surface area contributed by atoms with E-state index in [-0.39, 0.29) is 12.2 Å². The fourth-order valence-electron chi connectivity index (χ4n) is 3.02. The van der Waals surface area contributed by atoms with Gasteiger partial charge in [-0.1, -0.05) is 60.7 Å². The summed E-state index contributed by atoms with van der Waals surface area (Å²) in [6.07, 6.45) is 0. The fraction of sp³-hybridized carbons (Fsp3) is 0.273. The van der Waals surface area contributed by atoms with Gasteiger partial charge < -0.3 is 9.84 Å². The first-order valence-corrected chi connectivity index (χ1v) is 8.37. The Morgan fingerprint density at radius 1 is 0.708 bits per heavy atom. The van der Waals surface area contributed by atoms with E-state index in [0.717, 1.165) is 0 Å². The van der Waals surface area contributed by atoms with Crippen LogP contribution in [0.4, 0.5) is 0 Å². The lowest BCUT2D eigenvalue weighted by Crippen LogP contribution is -2.20. The third-order valence-electron chi connectivity index (χ3n) is 4.02. The number of aliphatic hydroxyl groups excluding tert-OH is 1. The highest BCUT2D eigenvalue weighted by molar-refractivity contribution is 6.22. The maximum Gasteiger partial charge on any atom is 0.0704 e. The Balaban J connectivity index is 0.000000183. The molecule has 0 aliphatic heterocycles. The number of hydrogen-bond acceptors (Lipinski definition) is 2.